The Hall–Kier alpha value is -4.33. The molecule has 0 fully saturated rings. The minimum Gasteiger partial charge on any atom is -0.490 e. The number of hydrogen-bond acceptors (Lipinski definition) is 9. The second kappa shape index (κ2) is 13.5. The maximum Gasteiger partial charge on any atom is 0.345 e. The second-order valence-corrected chi connectivity index (χ2v) is 10.8. The summed E-state index contributed by atoms with van der Waals surface area (Å²) in [5.41, 5.74) is 16.7. The number of nitrogens with one attached hydrogen (secondary N) is 1. The normalized spacial score (nSPS) is 15.8. The van der Waals surface area contributed by atoms with Crippen LogP contribution in [0.2, 0.25) is 0 Å². The number of thiophene rings is 1. The zero-order valence-electron chi connectivity index (χ0n) is 23.9. The number of benzene rings is 2. The predicted octanol–water partition coefficient (Wildman–Crippen LogP) is 5.89. The van der Waals surface area contributed by atoms with Crippen molar-refractivity contribution in [3.8, 4) is 28.1 Å². The molecule has 8 nitrogen and oxygen atoms in total. The third kappa shape index (κ3) is 6.59. The summed E-state index contributed by atoms with van der Waals surface area (Å²) in [4.78, 5) is 13.6. The molecule has 0 aliphatic carbocycles. The highest BCUT2D eigenvalue weighted by Crippen LogP contribution is 2.45. The molecule has 0 amide bonds. The van der Waals surface area contributed by atoms with E-state index < -0.39 is 24.9 Å². The molecule has 4 aromatic rings. The van der Waals surface area contributed by atoms with Crippen molar-refractivity contribution < 1.29 is 27.0 Å². The first-order chi connectivity index (χ1) is 21.2. The lowest BCUT2D eigenvalue weighted by atomic mass is 9.95. The lowest BCUT2D eigenvalue weighted by molar-refractivity contribution is -0.133. The third-order valence-corrected chi connectivity index (χ3v) is 7.90. The molecular weight excluding hydrogens is 596 g/mol. The predicted molar refractivity (Wildman–Crippen MR) is 168 cm³/mol. The van der Waals surface area contributed by atoms with E-state index in [1.54, 1.807) is 25.4 Å². The van der Waals surface area contributed by atoms with Crippen LogP contribution in [0.25, 0.3) is 38.2 Å². The van der Waals surface area contributed by atoms with Gasteiger partial charge in [0.25, 0.3) is 0 Å². The van der Waals surface area contributed by atoms with Crippen molar-refractivity contribution in [2.24, 2.45) is 15.7 Å². The summed E-state index contributed by atoms with van der Waals surface area (Å²) in [6.07, 6.45) is 3.33. The summed E-state index contributed by atoms with van der Waals surface area (Å²) in [7, 11) is 1.65. The molecule has 13 heteroatoms. The fraction of sp³-hybridized carbons (Fsp3) is 0.258. The van der Waals surface area contributed by atoms with Crippen molar-refractivity contribution in [1.82, 2.24) is 10.3 Å². The Morgan fingerprint density at radius 1 is 1.18 bits per heavy atom. The van der Waals surface area contributed by atoms with Gasteiger partial charge >= 0.3 is 6.61 Å². The third-order valence-electron chi connectivity index (χ3n) is 6.97. The van der Waals surface area contributed by atoms with Gasteiger partial charge in [0.05, 0.1) is 41.5 Å². The average molecular weight is 627 g/mol. The molecule has 0 bridgehead atoms. The molecule has 0 radical (unpaired) electrons. The van der Waals surface area contributed by atoms with E-state index in [2.05, 4.69) is 20.0 Å². The van der Waals surface area contributed by atoms with Gasteiger partial charge in [0.15, 0.2) is 0 Å². The summed E-state index contributed by atoms with van der Waals surface area (Å²) in [5.74, 6) is -2.06. The molecule has 1 atom stereocenters. The first-order valence-electron chi connectivity index (χ1n) is 13.7. The van der Waals surface area contributed by atoms with Crippen molar-refractivity contribution in [3.63, 3.8) is 0 Å². The Balaban J connectivity index is 1.76. The van der Waals surface area contributed by atoms with Crippen LogP contribution in [-0.4, -0.2) is 62.9 Å². The van der Waals surface area contributed by atoms with Gasteiger partial charge in [0.1, 0.15) is 24.0 Å². The number of nitrogens with two attached hydrogens (primary N) is 2. The maximum atomic E-state index is 15.8. The number of rotatable bonds is 10. The number of alkyl halides is 2. The number of nitrogens with zero attached hydrogens (tertiary/aromatic N) is 3. The molecule has 1 aliphatic rings. The van der Waals surface area contributed by atoms with Crippen molar-refractivity contribution in [1.29, 1.82) is 0 Å². The van der Waals surface area contributed by atoms with Gasteiger partial charge in [0.2, 0.25) is 0 Å². The molecular formula is C31H30F4N6O2S. The lowest BCUT2D eigenvalue weighted by Gasteiger charge is -2.21. The van der Waals surface area contributed by atoms with Gasteiger partial charge < -0.3 is 26.3 Å². The summed E-state index contributed by atoms with van der Waals surface area (Å²) in [6.45, 7) is -0.687. The summed E-state index contributed by atoms with van der Waals surface area (Å²) in [5, 5.41) is 5.81. The number of hydrogen-bond donors (Lipinski definition) is 3. The highest BCUT2D eigenvalue weighted by atomic mass is 32.1. The number of aromatic nitrogens is 1. The van der Waals surface area contributed by atoms with Crippen LogP contribution in [0.1, 0.15) is 18.2 Å². The molecule has 1 aliphatic heterocycles. The molecule has 0 saturated heterocycles. The maximum absolute atomic E-state index is 15.8. The van der Waals surface area contributed by atoms with Gasteiger partial charge in [-0.05, 0) is 30.5 Å². The molecule has 2 aromatic carbocycles. The number of aliphatic imine (C=N–C) groups is 2. The summed E-state index contributed by atoms with van der Waals surface area (Å²) < 4.78 is 65.8. The number of halogens is 4. The monoisotopic (exact) mass is 626 g/mol. The molecule has 0 saturated carbocycles. The van der Waals surface area contributed by atoms with Crippen LogP contribution in [-0.2, 0) is 4.74 Å². The first-order valence-corrected chi connectivity index (χ1v) is 14.6. The van der Waals surface area contributed by atoms with Crippen molar-refractivity contribution in [2.75, 3.05) is 39.1 Å². The number of fused-ring (bicyclic) bond motifs is 1. The van der Waals surface area contributed by atoms with Crippen LogP contribution in [0, 0.1) is 11.6 Å². The molecule has 0 spiro atoms. The number of nitrogen functional groups attached to an aromatic ring is 1. The topological polar surface area (TPSA) is 120 Å². The van der Waals surface area contributed by atoms with Crippen LogP contribution in [0.15, 0.2) is 57.8 Å². The highest BCUT2D eigenvalue weighted by Gasteiger charge is 2.26. The van der Waals surface area contributed by atoms with Crippen molar-refractivity contribution >= 4 is 44.7 Å². The minimum absolute atomic E-state index is 0.0976. The van der Waals surface area contributed by atoms with Gasteiger partial charge in [-0.2, -0.15) is 8.78 Å². The number of ether oxygens (including phenoxy) is 2. The minimum atomic E-state index is -3.02. The van der Waals surface area contributed by atoms with E-state index in [9.17, 15) is 13.2 Å². The van der Waals surface area contributed by atoms with E-state index in [0.717, 1.165) is 17.7 Å². The molecule has 230 valence electrons. The Labute approximate surface area is 255 Å². The van der Waals surface area contributed by atoms with Gasteiger partial charge in [-0.3, -0.25) is 9.98 Å². The Morgan fingerprint density at radius 2 is 2.00 bits per heavy atom. The highest BCUT2D eigenvalue weighted by molar-refractivity contribution is 7.18. The Bertz CT molecular complexity index is 1770. The Kier molecular flexibility index (Phi) is 9.57. The average Bonchev–Trinajstić information content (AvgIpc) is 3.47. The summed E-state index contributed by atoms with van der Waals surface area (Å²) in [6, 6.07) is 8.89. The van der Waals surface area contributed by atoms with Gasteiger partial charge in [-0.1, -0.05) is 12.1 Å². The van der Waals surface area contributed by atoms with E-state index in [1.807, 2.05) is 30.5 Å². The number of anilines is 1. The van der Waals surface area contributed by atoms with Gasteiger partial charge in [0, 0.05) is 70.4 Å². The quantitative estimate of drug-likeness (QED) is 0.0874. The van der Waals surface area contributed by atoms with Gasteiger partial charge in [-0.25, -0.2) is 13.8 Å². The standard InChI is InChI=1S/C31H30F4N6O2S/c1-16-24(40-7-6-39-16)14-23(37)29-27(26-21(33)12-19(32)13-25(26)42-8-9-43-31(34)35)30-20(5-10-44-30)28(41-29)17-3-4-18(15-38-2)22(36)11-17/h3-5,10-16,31,39H,6-9,36-37H2,1-2H3/b23-14-,38-15?. The van der Waals surface area contributed by atoms with E-state index in [-0.39, 0.29) is 40.9 Å². The molecule has 2 aromatic heterocycles. The molecule has 3 heterocycles. The lowest BCUT2D eigenvalue weighted by Crippen LogP contribution is -2.39. The molecule has 5 N–H and O–H groups in total. The molecule has 44 heavy (non-hydrogen) atoms. The van der Waals surface area contributed by atoms with Crippen LogP contribution in [0.5, 0.6) is 5.75 Å². The van der Waals surface area contributed by atoms with Crippen LogP contribution < -0.4 is 21.5 Å². The van der Waals surface area contributed by atoms with E-state index in [4.69, 9.17) is 21.2 Å². The fourth-order valence-electron chi connectivity index (χ4n) is 4.97. The first kappa shape index (κ1) is 31.1. The van der Waals surface area contributed by atoms with Crippen molar-refractivity contribution in [3.05, 3.63) is 70.7 Å². The molecule has 1 unspecified atom stereocenters. The smallest absolute Gasteiger partial charge is 0.345 e. The van der Waals surface area contributed by atoms with E-state index >= 15 is 4.39 Å². The largest absolute Gasteiger partial charge is 0.490 e. The van der Waals surface area contributed by atoms with Crippen LogP contribution in [0.3, 0.4) is 0 Å². The van der Waals surface area contributed by atoms with Gasteiger partial charge in [-0.15, -0.1) is 11.3 Å². The summed E-state index contributed by atoms with van der Waals surface area (Å²) >= 11 is 1.31. The zero-order chi connectivity index (χ0) is 31.4. The van der Waals surface area contributed by atoms with Crippen LogP contribution in [0.4, 0.5) is 23.2 Å². The second-order valence-electron chi connectivity index (χ2n) is 9.90. The zero-order valence-corrected chi connectivity index (χ0v) is 24.7. The number of pyridine rings is 1. The van der Waals surface area contributed by atoms with Crippen LogP contribution >= 0.6 is 11.3 Å². The molecule has 5 rings (SSSR count). The van der Waals surface area contributed by atoms with Crippen molar-refractivity contribution in [2.45, 2.75) is 19.6 Å². The van der Waals surface area contributed by atoms with E-state index in [1.165, 1.54) is 11.3 Å². The Morgan fingerprint density at radius 3 is 2.73 bits per heavy atom. The van der Waals surface area contributed by atoms with E-state index in [0.29, 0.717) is 45.8 Å². The fourth-order valence-corrected chi connectivity index (χ4v) is 5.91. The SMILES string of the molecule is CN=Cc1ccc(-c2nc(/C(N)=C/C3=NCCNC3C)c(-c3c(F)cc(F)cc3OCCOC(F)F)c3sccc23)cc1N.